The number of carbonyl (C=O) groups is 2. The number of amides is 2. The summed E-state index contributed by atoms with van der Waals surface area (Å²) in [7, 11) is 0. The Morgan fingerprint density at radius 2 is 1.30 bits per heavy atom. The topological polar surface area (TPSA) is 165 Å². The van der Waals surface area contributed by atoms with Gasteiger partial charge in [0.2, 0.25) is 18.2 Å². The molecular formula is C39H48N10O4. The van der Waals surface area contributed by atoms with E-state index in [-0.39, 0.29) is 42.7 Å². The molecule has 0 saturated carbocycles. The quantitative estimate of drug-likeness (QED) is 0.152. The summed E-state index contributed by atoms with van der Waals surface area (Å²) in [5, 5.41) is 9.64. The number of imidazole rings is 2. The van der Waals surface area contributed by atoms with Crippen LogP contribution in [0.5, 0.6) is 0 Å². The first-order chi connectivity index (χ1) is 25.8. The third-order valence-electron chi connectivity index (χ3n) is 10.7. The fraction of sp³-hybridized carbons (Fsp3) is 0.462. The van der Waals surface area contributed by atoms with Crippen LogP contribution in [0.2, 0.25) is 0 Å². The number of guanidine groups is 1. The molecule has 4 aliphatic rings. The van der Waals surface area contributed by atoms with Crippen LogP contribution < -0.4 is 16.0 Å². The van der Waals surface area contributed by atoms with Crippen LogP contribution in [0.1, 0.15) is 70.2 Å². The molecule has 14 heteroatoms. The van der Waals surface area contributed by atoms with Gasteiger partial charge in [-0.3, -0.25) is 19.9 Å². The van der Waals surface area contributed by atoms with Crippen LogP contribution in [0.4, 0.5) is 0 Å². The molecule has 4 aliphatic heterocycles. The molecule has 4 atom stereocenters. The van der Waals surface area contributed by atoms with Crippen LogP contribution in [0.15, 0.2) is 65.9 Å². The van der Waals surface area contributed by atoms with E-state index in [2.05, 4.69) is 93.3 Å². The lowest BCUT2D eigenvalue weighted by molar-refractivity contribution is -0.334. The zero-order valence-electron chi connectivity index (χ0n) is 30.5. The molecule has 3 fully saturated rings. The van der Waals surface area contributed by atoms with Crippen molar-refractivity contribution in [3.63, 3.8) is 0 Å². The molecule has 0 unspecified atom stereocenters. The number of rotatable bonds is 11. The molecule has 0 radical (unpaired) electrons. The first-order valence-corrected chi connectivity index (χ1v) is 18.8. The van der Waals surface area contributed by atoms with Gasteiger partial charge in [-0.25, -0.2) is 9.97 Å². The van der Waals surface area contributed by atoms with Gasteiger partial charge in [-0.2, -0.15) is 0 Å². The van der Waals surface area contributed by atoms with Crippen LogP contribution >= 0.6 is 0 Å². The Bertz CT molecular complexity index is 1930. The third kappa shape index (κ3) is 7.31. The van der Waals surface area contributed by atoms with Gasteiger partial charge in [0.15, 0.2) is 12.8 Å². The first-order valence-electron chi connectivity index (χ1n) is 18.8. The Morgan fingerprint density at radius 1 is 0.774 bits per heavy atom. The average Bonchev–Trinajstić information content (AvgIpc) is 4.00. The third-order valence-corrected chi connectivity index (χ3v) is 10.7. The first kappa shape index (κ1) is 35.0. The van der Waals surface area contributed by atoms with E-state index in [1.807, 2.05) is 29.1 Å². The second-order valence-corrected chi connectivity index (χ2v) is 14.6. The van der Waals surface area contributed by atoms with Crippen molar-refractivity contribution >= 4 is 17.8 Å². The minimum absolute atomic E-state index is 0.0111. The Hall–Kier alpha value is -5.05. The fourth-order valence-corrected chi connectivity index (χ4v) is 7.71. The van der Waals surface area contributed by atoms with E-state index in [0.29, 0.717) is 19.0 Å². The molecule has 2 aromatic carbocycles. The highest BCUT2D eigenvalue weighted by atomic mass is 16.9. The van der Waals surface area contributed by atoms with Gasteiger partial charge in [0.05, 0.1) is 48.5 Å². The average molecular weight is 721 g/mol. The molecule has 278 valence electrons. The number of ether oxygens (including phenoxy) is 2. The molecule has 3 saturated heterocycles. The van der Waals surface area contributed by atoms with E-state index in [1.165, 1.54) is 0 Å². The summed E-state index contributed by atoms with van der Waals surface area (Å²) in [5.74, 6) is 2.53. The van der Waals surface area contributed by atoms with Crippen molar-refractivity contribution in [1.29, 1.82) is 0 Å². The Morgan fingerprint density at radius 3 is 1.77 bits per heavy atom. The molecule has 6 heterocycles. The summed E-state index contributed by atoms with van der Waals surface area (Å²) in [4.78, 5) is 51.7. The Labute approximate surface area is 309 Å². The summed E-state index contributed by atoms with van der Waals surface area (Å²) in [6, 6.07) is 15.9. The molecule has 0 bridgehead atoms. The molecule has 8 rings (SSSR count). The van der Waals surface area contributed by atoms with E-state index in [1.54, 1.807) is 0 Å². The van der Waals surface area contributed by atoms with Crippen LogP contribution in [-0.4, -0.2) is 99.0 Å². The van der Waals surface area contributed by atoms with Crippen LogP contribution in [0.3, 0.4) is 0 Å². The maximum atomic E-state index is 13.8. The van der Waals surface area contributed by atoms with Gasteiger partial charge in [0.25, 0.3) is 0 Å². The fourth-order valence-electron chi connectivity index (χ4n) is 7.71. The van der Waals surface area contributed by atoms with Gasteiger partial charge in [-0.05, 0) is 60.8 Å². The van der Waals surface area contributed by atoms with Gasteiger partial charge < -0.3 is 39.9 Å². The molecule has 5 N–H and O–H groups in total. The minimum atomic E-state index is -0.523. The molecule has 53 heavy (non-hydrogen) atoms. The molecule has 0 spiro atoms. The summed E-state index contributed by atoms with van der Waals surface area (Å²) >= 11 is 0. The predicted molar refractivity (Wildman–Crippen MR) is 200 cm³/mol. The maximum absolute atomic E-state index is 13.8. The van der Waals surface area contributed by atoms with Crippen molar-refractivity contribution in [3.8, 4) is 33.6 Å². The SMILES string of the molecule is CC(C)[C@H](NC1=NCCN1)C(=O)N1CCC[C@H]1c1ncc(-c2ccc(-c3ccc(-c4cnc([C@@H]5CCCN5C(=O)[C@H](C)NC5OCO5)[nH]4)cc3)cc2)[nH]1. The highest BCUT2D eigenvalue weighted by Gasteiger charge is 2.38. The van der Waals surface area contributed by atoms with Gasteiger partial charge in [0, 0.05) is 19.6 Å². The second kappa shape index (κ2) is 15.1. The highest BCUT2D eigenvalue weighted by molar-refractivity contribution is 5.90. The smallest absolute Gasteiger partial charge is 0.246 e. The minimum Gasteiger partial charge on any atom is -0.355 e. The van der Waals surface area contributed by atoms with Gasteiger partial charge in [-0.1, -0.05) is 62.4 Å². The monoisotopic (exact) mass is 720 g/mol. The van der Waals surface area contributed by atoms with Gasteiger partial charge in [0.1, 0.15) is 17.7 Å². The van der Waals surface area contributed by atoms with E-state index in [0.717, 1.165) is 84.1 Å². The number of carbonyl (C=O) groups excluding carboxylic acids is 2. The number of aliphatic imine (C=N–C) groups is 1. The lowest BCUT2D eigenvalue weighted by Crippen LogP contribution is -2.53. The predicted octanol–water partition coefficient (Wildman–Crippen LogP) is 4.30. The van der Waals surface area contributed by atoms with Crippen molar-refractivity contribution < 1.29 is 19.1 Å². The zero-order valence-corrected chi connectivity index (χ0v) is 30.5. The number of nitrogens with zero attached hydrogens (tertiary/aromatic N) is 5. The van der Waals surface area contributed by atoms with Crippen molar-refractivity contribution in [1.82, 2.24) is 45.7 Å². The molecule has 4 aromatic rings. The lowest BCUT2D eigenvalue weighted by atomic mass is 10.0. The van der Waals surface area contributed by atoms with Crippen molar-refractivity contribution in [2.75, 3.05) is 33.0 Å². The highest BCUT2D eigenvalue weighted by Crippen LogP contribution is 2.35. The Kier molecular flexibility index (Phi) is 9.99. The zero-order chi connectivity index (χ0) is 36.5. The van der Waals surface area contributed by atoms with E-state index < -0.39 is 12.5 Å². The summed E-state index contributed by atoms with van der Waals surface area (Å²) in [6.07, 6.45) is 6.80. The van der Waals surface area contributed by atoms with Crippen LogP contribution in [0.25, 0.3) is 33.6 Å². The van der Waals surface area contributed by atoms with E-state index in [4.69, 9.17) is 19.4 Å². The summed E-state index contributed by atoms with van der Waals surface area (Å²) in [5.41, 5.74) is 6.11. The van der Waals surface area contributed by atoms with Crippen LogP contribution in [0, 0.1) is 5.92 Å². The van der Waals surface area contributed by atoms with Crippen molar-refractivity contribution in [3.05, 3.63) is 72.6 Å². The van der Waals surface area contributed by atoms with Crippen molar-refractivity contribution in [2.45, 2.75) is 77.0 Å². The number of H-pyrrole nitrogens is 2. The summed E-state index contributed by atoms with van der Waals surface area (Å²) in [6.45, 7) is 9.13. The molecule has 0 aliphatic carbocycles. The number of likely N-dealkylation sites (tertiary alicyclic amines) is 2. The number of nitrogens with one attached hydrogen (secondary N) is 5. The number of benzene rings is 2. The maximum Gasteiger partial charge on any atom is 0.246 e. The second-order valence-electron chi connectivity index (χ2n) is 14.6. The van der Waals surface area contributed by atoms with Gasteiger partial charge >= 0.3 is 0 Å². The Balaban J connectivity index is 0.903. The molecule has 2 amide bonds. The number of hydrogen-bond acceptors (Lipinski definition) is 10. The largest absolute Gasteiger partial charge is 0.355 e. The van der Waals surface area contributed by atoms with Gasteiger partial charge in [-0.15, -0.1) is 0 Å². The lowest BCUT2D eigenvalue weighted by Gasteiger charge is -2.32. The van der Waals surface area contributed by atoms with E-state index >= 15 is 0 Å². The summed E-state index contributed by atoms with van der Waals surface area (Å²) < 4.78 is 10.5. The van der Waals surface area contributed by atoms with Crippen molar-refractivity contribution in [2.24, 2.45) is 10.9 Å². The van der Waals surface area contributed by atoms with E-state index in [9.17, 15) is 9.59 Å². The molecule has 14 nitrogen and oxygen atoms in total. The molecule has 2 aromatic heterocycles. The standard InChI is InChI=1S/C39H48N10O4/c1-23(2)33(47-38-40-16-17-41-38)37(51)49-19-5-7-32(49)35-43-21-30(46-35)28-14-10-26(11-15-28)25-8-12-27(13-9-25)29-20-42-34(45-29)31-6-4-18-48(31)36(50)24(3)44-39-52-22-53-39/h8-15,20-21,23-24,31-33,39,44H,4-7,16-19,22H2,1-3H3,(H,42,45)(H,43,46)(H2,40,41,47)/t24-,31-,32-,33-/m0/s1. The molecular weight excluding hydrogens is 672 g/mol. The number of aromatic nitrogens is 4. The number of hydrogen-bond donors (Lipinski definition) is 5. The number of aromatic amines is 2. The normalized spacial score (nSPS) is 21.4. The van der Waals surface area contributed by atoms with Crippen LogP contribution in [-0.2, 0) is 19.1 Å².